The second kappa shape index (κ2) is 7.16. The van der Waals surface area contributed by atoms with Crippen molar-refractivity contribution in [1.82, 2.24) is 9.88 Å². The lowest BCUT2D eigenvalue weighted by Crippen LogP contribution is -2.52. The molecule has 2 atom stereocenters. The van der Waals surface area contributed by atoms with Crippen LogP contribution in [0.5, 0.6) is 0 Å². The number of carbonyl (C=O) groups excluding carboxylic acids is 1. The minimum Gasteiger partial charge on any atom is -0.445 e. The van der Waals surface area contributed by atoms with Gasteiger partial charge in [0, 0.05) is 36.5 Å². The van der Waals surface area contributed by atoms with Gasteiger partial charge in [-0.3, -0.25) is 4.98 Å². The number of piperidine rings is 1. The number of amides is 1. The number of aromatic nitrogens is 1. The third-order valence-corrected chi connectivity index (χ3v) is 6.33. The molecule has 1 N–H and O–H groups in total. The van der Waals surface area contributed by atoms with Gasteiger partial charge in [0.05, 0.1) is 11.1 Å². The Morgan fingerprint density at radius 3 is 2.59 bits per heavy atom. The van der Waals surface area contributed by atoms with Crippen LogP contribution in [0.15, 0.2) is 66.9 Å². The second-order valence-corrected chi connectivity index (χ2v) is 8.18. The van der Waals surface area contributed by atoms with E-state index in [4.69, 9.17) is 4.74 Å². The molecule has 3 heterocycles. The van der Waals surface area contributed by atoms with Gasteiger partial charge < -0.3 is 14.7 Å². The zero-order valence-electron chi connectivity index (χ0n) is 16.2. The van der Waals surface area contributed by atoms with Crippen LogP contribution in [0.2, 0.25) is 0 Å². The summed E-state index contributed by atoms with van der Waals surface area (Å²) in [6, 6.07) is 19.6. The Balaban J connectivity index is 1.32. The first kappa shape index (κ1) is 18.1. The maximum Gasteiger partial charge on any atom is 0.410 e. The van der Waals surface area contributed by atoms with Crippen LogP contribution >= 0.6 is 0 Å². The van der Waals surface area contributed by atoms with Crippen LogP contribution < -0.4 is 0 Å². The molecule has 148 valence electrons. The average Bonchev–Trinajstić information content (AvgIpc) is 3.04. The van der Waals surface area contributed by atoms with E-state index in [0.717, 1.165) is 34.9 Å². The molecular weight excluding hydrogens is 364 g/mol. The van der Waals surface area contributed by atoms with Gasteiger partial charge in [-0.1, -0.05) is 48.5 Å². The highest BCUT2D eigenvalue weighted by Gasteiger charge is 2.50. The predicted molar refractivity (Wildman–Crippen MR) is 110 cm³/mol. The van der Waals surface area contributed by atoms with Crippen molar-refractivity contribution in [3.8, 4) is 0 Å². The molecule has 0 radical (unpaired) electrons. The fourth-order valence-electron chi connectivity index (χ4n) is 4.91. The van der Waals surface area contributed by atoms with Crippen molar-refractivity contribution in [1.29, 1.82) is 0 Å². The Bertz CT molecular complexity index is 1020. The van der Waals surface area contributed by atoms with Crippen LogP contribution in [0.3, 0.4) is 0 Å². The van der Waals surface area contributed by atoms with Crippen molar-refractivity contribution >= 4 is 17.0 Å². The third kappa shape index (κ3) is 3.36. The molecule has 2 fully saturated rings. The highest BCUT2D eigenvalue weighted by atomic mass is 16.6. The van der Waals surface area contributed by atoms with Crippen LogP contribution in [0.25, 0.3) is 10.9 Å². The quantitative estimate of drug-likeness (QED) is 0.723. The Labute approximate surface area is 169 Å². The second-order valence-electron chi connectivity index (χ2n) is 8.18. The van der Waals surface area contributed by atoms with E-state index in [1.54, 1.807) is 6.20 Å². The van der Waals surface area contributed by atoms with Gasteiger partial charge in [0.15, 0.2) is 0 Å². The fraction of sp³-hybridized carbons (Fsp3) is 0.333. The van der Waals surface area contributed by atoms with Gasteiger partial charge in [-0.15, -0.1) is 0 Å². The maximum atomic E-state index is 12.8. The summed E-state index contributed by atoms with van der Waals surface area (Å²) < 4.78 is 5.58. The molecule has 2 aliphatic heterocycles. The van der Waals surface area contributed by atoms with Crippen LogP contribution in [0.1, 0.15) is 36.8 Å². The molecule has 1 amide bonds. The number of carbonyl (C=O) groups is 1. The zero-order valence-corrected chi connectivity index (χ0v) is 16.2. The molecule has 0 spiro atoms. The van der Waals surface area contributed by atoms with Gasteiger partial charge in [0.2, 0.25) is 0 Å². The summed E-state index contributed by atoms with van der Waals surface area (Å²) in [6.07, 6.45) is 4.36. The number of benzene rings is 2. The number of hydrogen-bond donors (Lipinski definition) is 1. The van der Waals surface area contributed by atoms with Crippen molar-refractivity contribution in [2.45, 2.75) is 50.0 Å². The maximum absolute atomic E-state index is 12.8. The number of ether oxygens (including phenoxy) is 1. The highest BCUT2D eigenvalue weighted by molar-refractivity contribution is 5.79. The molecule has 29 heavy (non-hydrogen) atoms. The molecule has 2 bridgehead atoms. The van der Waals surface area contributed by atoms with Crippen LogP contribution in [-0.2, 0) is 16.9 Å². The Kier molecular flexibility index (Phi) is 4.47. The lowest BCUT2D eigenvalue weighted by molar-refractivity contribution is -0.0536. The number of nitrogens with zero attached hydrogens (tertiary/aromatic N) is 2. The summed E-state index contributed by atoms with van der Waals surface area (Å²) in [5, 5.41) is 12.5. The van der Waals surface area contributed by atoms with E-state index in [0.29, 0.717) is 12.8 Å². The Morgan fingerprint density at radius 2 is 1.83 bits per heavy atom. The largest absolute Gasteiger partial charge is 0.445 e. The van der Waals surface area contributed by atoms with E-state index < -0.39 is 5.60 Å². The van der Waals surface area contributed by atoms with Gasteiger partial charge in [-0.25, -0.2) is 4.79 Å². The van der Waals surface area contributed by atoms with E-state index in [1.807, 2.05) is 65.6 Å². The molecule has 2 saturated heterocycles. The molecule has 3 aromatic rings. The highest BCUT2D eigenvalue weighted by Crippen LogP contribution is 2.46. The number of fused-ring (bicyclic) bond motifs is 3. The fourth-order valence-corrected chi connectivity index (χ4v) is 4.91. The minimum atomic E-state index is -0.937. The van der Waals surface area contributed by atoms with E-state index in [-0.39, 0.29) is 24.8 Å². The number of rotatable bonds is 3. The van der Waals surface area contributed by atoms with Crippen molar-refractivity contribution in [3.05, 3.63) is 78.0 Å². The molecule has 2 unspecified atom stereocenters. The SMILES string of the molecule is O=C(OCc1ccccc1)N1C2CCC1CC(O)(c1ccc3cccnc3c1)C2. The summed E-state index contributed by atoms with van der Waals surface area (Å²) in [7, 11) is 0. The summed E-state index contributed by atoms with van der Waals surface area (Å²) in [4.78, 5) is 19.0. The lowest BCUT2D eigenvalue weighted by atomic mass is 9.80. The molecule has 1 aromatic heterocycles. The summed E-state index contributed by atoms with van der Waals surface area (Å²) in [5.74, 6) is 0. The molecule has 0 aliphatic carbocycles. The van der Waals surface area contributed by atoms with Gasteiger partial charge in [0.1, 0.15) is 6.61 Å². The number of pyridine rings is 1. The monoisotopic (exact) mass is 388 g/mol. The van der Waals surface area contributed by atoms with E-state index in [1.165, 1.54) is 0 Å². The van der Waals surface area contributed by atoms with Crippen LogP contribution in [0.4, 0.5) is 4.79 Å². The summed E-state index contributed by atoms with van der Waals surface area (Å²) in [6.45, 7) is 0.274. The van der Waals surface area contributed by atoms with E-state index in [9.17, 15) is 9.90 Å². The molecular formula is C24H24N2O3. The van der Waals surface area contributed by atoms with Gasteiger partial charge in [0.25, 0.3) is 0 Å². The molecule has 2 aliphatic rings. The third-order valence-electron chi connectivity index (χ3n) is 6.33. The molecule has 0 saturated carbocycles. The first-order valence-electron chi connectivity index (χ1n) is 10.2. The zero-order chi connectivity index (χ0) is 19.8. The number of hydrogen-bond acceptors (Lipinski definition) is 4. The van der Waals surface area contributed by atoms with Crippen molar-refractivity contribution in [2.75, 3.05) is 0 Å². The smallest absolute Gasteiger partial charge is 0.410 e. The van der Waals surface area contributed by atoms with E-state index >= 15 is 0 Å². The van der Waals surface area contributed by atoms with Gasteiger partial charge >= 0.3 is 6.09 Å². The van der Waals surface area contributed by atoms with Crippen LogP contribution in [0, 0.1) is 0 Å². The first-order chi connectivity index (χ1) is 14.1. The Morgan fingerprint density at radius 1 is 1.07 bits per heavy atom. The molecule has 5 heteroatoms. The molecule has 5 rings (SSSR count). The standard InChI is InChI=1S/C24H24N2O3/c27-23(29-16-17-5-2-1-3-6-17)26-20-10-11-21(26)15-24(28,14-20)19-9-8-18-7-4-12-25-22(18)13-19/h1-9,12-13,20-21,28H,10-11,14-16H2. The average molecular weight is 388 g/mol. The number of aliphatic hydroxyl groups is 1. The van der Waals surface area contributed by atoms with Crippen molar-refractivity contribution in [2.24, 2.45) is 0 Å². The topological polar surface area (TPSA) is 62.7 Å². The van der Waals surface area contributed by atoms with Crippen molar-refractivity contribution in [3.63, 3.8) is 0 Å². The summed E-state index contributed by atoms with van der Waals surface area (Å²) >= 11 is 0. The van der Waals surface area contributed by atoms with Crippen molar-refractivity contribution < 1.29 is 14.6 Å². The predicted octanol–water partition coefficient (Wildman–Crippen LogP) is 4.39. The van der Waals surface area contributed by atoms with Gasteiger partial charge in [-0.05, 0) is 36.1 Å². The Hall–Kier alpha value is -2.92. The normalized spacial score (nSPS) is 25.9. The molecule has 2 aromatic carbocycles. The van der Waals surface area contributed by atoms with E-state index in [2.05, 4.69) is 4.98 Å². The van der Waals surface area contributed by atoms with Crippen LogP contribution in [-0.4, -0.2) is 33.2 Å². The molecule has 5 nitrogen and oxygen atoms in total. The minimum absolute atomic E-state index is 0.00135. The first-order valence-corrected chi connectivity index (χ1v) is 10.2. The summed E-state index contributed by atoms with van der Waals surface area (Å²) in [5.41, 5.74) is 1.81. The van der Waals surface area contributed by atoms with Gasteiger partial charge in [-0.2, -0.15) is 0 Å². The lowest BCUT2D eigenvalue weighted by Gasteiger charge is -2.43.